The van der Waals surface area contributed by atoms with Gasteiger partial charge in [-0.05, 0) is 25.5 Å². The molecule has 1 aromatic carbocycles. The largest absolute Gasteiger partial charge is 0.332 e. The fourth-order valence-corrected chi connectivity index (χ4v) is 3.41. The first-order valence-electron chi connectivity index (χ1n) is 9.12. The van der Waals surface area contributed by atoms with Crippen LogP contribution in [0.15, 0.2) is 59.7 Å². The molecule has 142 valence electrons. The highest BCUT2D eigenvalue weighted by Crippen LogP contribution is 2.26. The number of halogens is 1. The molecule has 0 bridgehead atoms. The molecule has 0 saturated carbocycles. The van der Waals surface area contributed by atoms with Crippen molar-refractivity contribution in [1.29, 1.82) is 0 Å². The highest BCUT2D eigenvalue weighted by molar-refractivity contribution is 5.99. The first kappa shape index (κ1) is 18.0. The van der Waals surface area contributed by atoms with Crippen molar-refractivity contribution < 1.29 is 9.18 Å². The van der Waals surface area contributed by atoms with Crippen LogP contribution in [0.25, 0.3) is 11.3 Å². The molecule has 3 aromatic rings. The number of rotatable bonds is 4. The van der Waals surface area contributed by atoms with Crippen molar-refractivity contribution in [3.63, 3.8) is 0 Å². The van der Waals surface area contributed by atoms with E-state index in [1.165, 1.54) is 17.0 Å². The van der Waals surface area contributed by atoms with Gasteiger partial charge >= 0.3 is 0 Å². The van der Waals surface area contributed by atoms with Crippen molar-refractivity contribution in [3.05, 3.63) is 76.6 Å². The van der Waals surface area contributed by atoms with Crippen LogP contribution in [0.1, 0.15) is 23.7 Å². The van der Waals surface area contributed by atoms with Gasteiger partial charge in [-0.25, -0.2) is 4.98 Å². The van der Waals surface area contributed by atoms with Gasteiger partial charge in [-0.1, -0.05) is 30.3 Å². The van der Waals surface area contributed by atoms with Gasteiger partial charge in [0.15, 0.2) is 5.78 Å². The fraction of sp³-hybridized carbons (Fsp3) is 0.238. The van der Waals surface area contributed by atoms with E-state index in [1.54, 1.807) is 41.3 Å². The molecule has 0 spiro atoms. The van der Waals surface area contributed by atoms with Crippen molar-refractivity contribution in [2.24, 2.45) is 0 Å². The molecule has 0 N–H and O–H groups in total. The summed E-state index contributed by atoms with van der Waals surface area (Å²) in [4.78, 5) is 35.5. The maximum atomic E-state index is 14.7. The Morgan fingerprint density at radius 1 is 1.18 bits per heavy atom. The van der Waals surface area contributed by atoms with Crippen molar-refractivity contribution >= 4 is 11.7 Å². The van der Waals surface area contributed by atoms with Gasteiger partial charge in [0.1, 0.15) is 5.69 Å². The summed E-state index contributed by atoms with van der Waals surface area (Å²) in [6.07, 6.45) is 3.67. The highest BCUT2D eigenvalue weighted by atomic mass is 19.1. The summed E-state index contributed by atoms with van der Waals surface area (Å²) in [7, 11) is 0. The molecule has 0 saturated heterocycles. The standard InChI is InChI=1S/C21H19FN4O2/c1-14-9-12-25-20(28)18(22)19(16-7-10-23-11-8-16)24-21(25)26(14)13-17(27)15-5-3-2-4-6-15/h2-8,10-11,14H,9,12-13H2,1H3. The molecule has 1 aliphatic rings. The molecule has 6 nitrogen and oxygen atoms in total. The van der Waals surface area contributed by atoms with Crippen molar-refractivity contribution in [2.45, 2.75) is 25.9 Å². The molecule has 1 unspecified atom stereocenters. The van der Waals surface area contributed by atoms with Crippen LogP contribution in [-0.4, -0.2) is 32.9 Å². The van der Waals surface area contributed by atoms with Gasteiger partial charge < -0.3 is 4.90 Å². The van der Waals surface area contributed by atoms with Crippen LogP contribution in [0.2, 0.25) is 0 Å². The number of aromatic nitrogens is 3. The second-order valence-corrected chi connectivity index (χ2v) is 6.82. The SMILES string of the molecule is CC1CCn2c(nc(-c3ccncc3)c(F)c2=O)N1CC(=O)c1ccccc1. The number of hydrogen-bond donors (Lipinski definition) is 0. The summed E-state index contributed by atoms with van der Waals surface area (Å²) in [6.45, 7) is 2.41. The predicted octanol–water partition coefficient (Wildman–Crippen LogP) is 2.93. The van der Waals surface area contributed by atoms with E-state index in [1.807, 2.05) is 13.0 Å². The zero-order chi connectivity index (χ0) is 19.7. The van der Waals surface area contributed by atoms with E-state index >= 15 is 0 Å². The number of fused-ring (bicyclic) bond motifs is 1. The maximum absolute atomic E-state index is 14.7. The summed E-state index contributed by atoms with van der Waals surface area (Å²) < 4.78 is 16.0. The second kappa shape index (κ2) is 7.34. The zero-order valence-corrected chi connectivity index (χ0v) is 15.4. The van der Waals surface area contributed by atoms with Crippen molar-refractivity contribution in [2.75, 3.05) is 11.4 Å². The molecule has 0 radical (unpaired) electrons. The summed E-state index contributed by atoms with van der Waals surface area (Å²) >= 11 is 0. The van der Waals surface area contributed by atoms with Gasteiger partial charge in [0.2, 0.25) is 11.8 Å². The number of nitrogens with zero attached hydrogens (tertiary/aromatic N) is 4. The Bertz CT molecular complexity index is 1070. The number of pyridine rings is 1. The molecule has 28 heavy (non-hydrogen) atoms. The third-order valence-corrected chi connectivity index (χ3v) is 5.02. The first-order chi connectivity index (χ1) is 13.6. The van der Waals surface area contributed by atoms with Gasteiger partial charge in [0, 0.05) is 36.1 Å². The maximum Gasteiger partial charge on any atom is 0.291 e. The van der Waals surface area contributed by atoms with Crippen LogP contribution in [0.4, 0.5) is 10.3 Å². The minimum Gasteiger partial charge on any atom is -0.332 e. The molecular formula is C21H19FN4O2. The summed E-state index contributed by atoms with van der Waals surface area (Å²) in [6, 6.07) is 12.2. The minimum atomic E-state index is -0.890. The molecule has 0 aliphatic carbocycles. The lowest BCUT2D eigenvalue weighted by atomic mass is 10.1. The van der Waals surface area contributed by atoms with Gasteiger partial charge in [0.05, 0.1) is 6.54 Å². The lowest BCUT2D eigenvalue weighted by molar-refractivity contribution is 0.0994. The van der Waals surface area contributed by atoms with Crippen LogP contribution in [0.3, 0.4) is 0 Å². The number of carbonyl (C=O) groups is 1. The fourth-order valence-electron chi connectivity index (χ4n) is 3.41. The Kier molecular flexibility index (Phi) is 4.73. The molecule has 0 fully saturated rings. The Hall–Kier alpha value is -3.35. The minimum absolute atomic E-state index is 0.00434. The monoisotopic (exact) mass is 378 g/mol. The Labute approximate surface area is 161 Å². The number of ketones is 1. The quantitative estimate of drug-likeness (QED) is 0.653. The topological polar surface area (TPSA) is 68.1 Å². The van der Waals surface area contributed by atoms with Crippen LogP contribution in [0.5, 0.6) is 0 Å². The van der Waals surface area contributed by atoms with Gasteiger partial charge in [-0.2, -0.15) is 4.39 Å². The molecule has 0 amide bonds. The number of Topliss-reactive ketones (excluding diaryl/α,β-unsaturated/α-hetero) is 1. The highest BCUT2D eigenvalue weighted by Gasteiger charge is 2.30. The van der Waals surface area contributed by atoms with Crippen LogP contribution < -0.4 is 10.5 Å². The molecule has 7 heteroatoms. The Balaban J connectivity index is 1.78. The average Bonchev–Trinajstić information content (AvgIpc) is 2.73. The van der Waals surface area contributed by atoms with E-state index < -0.39 is 11.4 Å². The number of anilines is 1. The van der Waals surface area contributed by atoms with Crippen LogP contribution in [-0.2, 0) is 6.54 Å². The zero-order valence-electron chi connectivity index (χ0n) is 15.4. The van der Waals surface area contributed by atoms with Gasteiger partial charge in [-0.15, -0.1) is 0 Å². The Morgan fingerprint density at radius 2 is 1.89 bits per heavy atom. The normalized spacial score (nSPS) is 15.9. The molecule has 2 aromatic heterocycles. The van der Waals surface area contributed by atoms with E-state index in [4.69, 9.17) is 0 Å². The van der Waals surface area contributed by atoms with E-state index in [0.29, 0.717) is 30.0 Å². The lowest BCUT2D eigenvalue weighted by Crippen LogP contribution is -2.47. The Morgan fingerprint density at radius 3 is 2.61 bits per heavy atom. The number of hydrogen-bond acceptors (Lipinski definition) is 5. The molecule has 3 heterocycles. The third kappa shape index (κ3) is 3.19. The average molecular weight is 378 g/mol. The van der Waals surface area contributed by atoms with E-state index in [-0.39, 0.29) is 24.1 Å². The molecule has 4 rings (SSSR count). The second-order valence-electron chi connectivity index (χ2n) is 6.82. The van der Waals surface area contributed by atoms with Crippen LogP contribution >= 0.6 is 0 Å². The molecule has 1 aliphatic heterocycles. The summed E-state index contributed by atoms with van der Waals surface area (Å²) in [5.74, 6) is -0.648. The number of benzene rings is 1. The summed E-state index contributed by atoms with van der Waals surface area (Å²) in [5.41, 5.74) is 0.317. The third-order valence-electron chi connectivity index (χ3n) is 5.02. The van der Waals surface area contributed by atoms with Gasteiger partial charge in [0.25, 0.3) is 5.56 Å². The first-order valence-corrected chi connectivity index (χ1v) is 9.12. The molecule has 1 atom stereocenters. The van der Waals surface area contributed by atoms with Crippen molar-refractivity contribution in [1.82, 2.24) is 14.5 Å². The van der Waals surface area contributed by atoms with Crippen LogP contribution in [0, 0.1) is 5.82 Å². The predicted molar refractivity (Wildman–Crippen MR) is 104 cm³/mol. The van der Waals surface area contributed by atoms with Crippen molar-refractivity contribution in [3.8, 4) is 11.3 Å². The summed E-state index contributed by atoms with van der Waals surface area (Å²) in [5, 5.41) is 0. The van der Waals surface area contributed by atoms with E-state index in [0.717, 1.165) is 0 Å². The lowest BCUT2D eigenvalue weighted by Gasteiger charge is -2.36. The molecular weight excluding hydrogens is 359 g/mol. The van der Waals surface area contributed by atoms with Gasteiger partial charge in [-0.3, -0.25) is 19.1 Å². The van der Waals surface area contributed by atoms with E-state index in [2.05, 4.69) is 9.97 Å². The van der Waals surface area contributed by atoms with E-state index in [9.17, 15) is 14.0 Å². The smallest absolute Gasteiger partial charge is 0.291 e. The number of carbonyl (C=O) groups excluding carboxylic acids is 1.